The molecule has 3 aromatic rings. The van der Waals surface area contributed by atoms with E-state index in [1.54, 1.807) is 13.1 Å². The maximum atomic E-state index is 12.1. The van der Waals surface area contributed by atoms with Crippen LogP contribution in [0.25, 0.3) is 21.9 Å². The van der Waals surface area contributed by atoms with Gasteiger partial charge in [0.25, 0.3) is 0 Å². The van der Waals surface area contributed by atoms with Gasteiger partial charge in [0.2, 0.25) is 0 Å². The van der Waals surface area contributed by atoms with Gasteiger partial charge in [0, 0.05) is 17.5 Å². The number of pyridine rings is 1. The number of carbonyl (C=O) groups is 1. The van der Waals surface area contributed by atoms with E-state index in [1.807, 2.05) is 39.0 Å². The molecule has 1 aromatic carbocycles. The van der Waals surface area contributed by atoms with Crippen LogP contribution in [0, 0.1) is 0 Å². The highest BCUT2D eigenvalue weighted by Crippen LogP contribution is 2.36. The molecule has 2 aromatic heterocycles. The summed E-state index contributed by atoms with van der Waals surface area (Å²) in [6.45, 7) is 7.35. The number of nitrogens with one attached hydrogen (secondary N) is 1. The van der Waals surface area contributed by atoms with E-state index in [9.17, 15) is 9.90 Å². The van der Waals surface area contributed by atoms with Crippen LogP contribution in [-0.4, -0.2) is 37.4 Å². The summed E-state index contributed by atoms with van der Waals surface area (Å²) in [5, 5.41) is 14.5. The minimum Gasteiger partial charge on any atom is -0.444 e. The molecule has 1 saturated carbocycles. The monoisotopic (exact) mass is 410 g/mol. The maximum absolute atomic E-state index is 12.1. The lowest BCUT2D eigenvalue weighted by Gasteiger charge is -2.32. The van der Waals surface area contributed by atoms with Gasteiger partial charge in [-0.2, -0.15) is 0 Å². The van der Waals surface area contributed by atoms with Crippen molar-refractivity contribution < 1.29 is 14.6 Å². The zero-order valence-electron chi connectivity index (χ0n) is 18.1. The predicted molar refractivity (Wildman–Crippen MR) is 116 cm³/mol. The van der Waals surface area contributed by atoms with Gasteiger partial charge < -0.3 is 19.7 Å². The van der Waals surface area contributed by atoms with Crippen LogP contribution in [0.4, 0.5) is 4.79 Å². The van der Waals surface area contributed by atoms with E-state index in [1.165, 1.54) is 0 Å². The van der Waals surface area contributed by atoms with Gasteiger partial charge in [-0.05, 0) is 59.4 Å². The first-order chi connectivity index (χ1) is 14.2. The second kappa shape index (κ2) is 7.87. The van der Waals surface area contributed by atoms with Crippen molar-refractivity contribution >= 4 is 28.0 Å². The summed E-state index contributed by atoms with van der Waals surface area (Å²) in [4.78, 5) is 21.3. The Morgan fingerprint density at radius 3 is 2.57 bits per heavy atom. The van der Waals surface area contributed by atoms with E-state index in [2.05, 4.69) is 20.9 Å². The number of aromatic nitrogens is 3. The fourth-order valence-electron chi connectivity index (χ4n) is 4.36. The number of aliphatic hydroxyl groups excluding tert-OH is 1. The highest BCUT2D eigenvalue weighted by Gasteiger charge is 2.29. The molecule has 2 heterocycles. The number of nitrogens with zero attached hydrogens (tertiary/aromatic N) is 3. The molecule has 0 aliphatic heterocycles. The van der Waals surface area contributed by atoms with E-state index in [4.69, 9.17) is 9.72 Å². The average Bonchev–Trinajstić information content (AvgIpc) is 3.07. The van der Waals surface area contributed by atoms with Gasteiger partial charge >= 0.3 is 6.09 Å². The fraction of sp³-hybridized carbons (Fsp3) is 0.522. The van der Waals surface area contributed by atoms with Crippen LogP contribution in [0.15, 0.2) is 30.5 Å². The van der Waals surface area contributed by atoms with Crippen LogP contribution in [-0.2, 0) is 4.74 Å². The molecular formula is C23H30N4O3. The second-order valence-corrected chi connectivity index (χ2v) is 9.18. The molecule has 7 nitrogen and oxygen atoms in total. The van der Waals surface area contributed by atoms with Crippen molar-refractivity contribution in [1.29, 1.82) is 0 Å². The van der Waals surface area contributed by atoms with Crippen LogP contribution in [0.3, 0.4) is 0 Å². The lowest BCUT2D eigenvalue weighted by molar-refractivity contribution is 0.0488. The number of hydrogen-bond donors (Lipinski definition) is 2. The Hall–Kier alpha value is -2.67. The molecule has 1 aliphatic carbocycles. The molecule has 0 saturated heterocycles. The smallest absolute Gasteiger partial charge is 0.407 e. The summed E-state index contributed by atoms with van der Waals surface area (Å²) < 4.78 is 7.59. The number of imidazole rings is 1. The predicted octanol–water partition coefficient (Wildman–Crippen LogP) is 4.65. The van der Waals surface area contributed by atoms with E-state index < -0.39 is 11.7 Å². The minimum absolute atomic E-state index is 0.0966. The van der Waals surface area contributed by atoms with Gasteiger partial charge in [-0.15, -0.1) is 0 Å². The van der Waals surface area contributed by atoms with Gasteiger partial charge in [-0.25, -0.2) is 9.78 Å². The van der Waals surface area contributed by atoms with Crippen LogP contribution in [0.5, 0.6) is 0 Å². The van der Waals surface area contributed by atoms with E-state index in [0.717, 1.165) is 47.6 Å². The third kappa shape index (κ3) is 4.12. The van der Waals surface area contributed by atoms with Gasteiger partial charge in [0.05, 0.1) is 17.2 Å². The Bertz CT molecular complexity index is 1060. The Morgan fingerprint density at radius 2 is 1.90 bits per heavy atom. The topological polar surface area (TPSA) is 89.3 Å². The molecule has 1 atom stereocenters. The maximum Gasteiger partial charge on any atom is 0.407 e. The third-order valence-electron chi connectivity index (χ3n) is 5.61. The summed E-state index contributed by atoms with van der Waals surface area (Å²) in [6.07, 6.45) is 4.24. The Balaban J connectivity index is 1.60. The van der Waals surface area contributed by atoms with Crippen LogP contribution in [0.1, 0.15) is 71.3 Å². The zero-order valence-corrected chi connectivity index (χ0v) is 18.1. The van der Waals surface area contributed by atoms with Crippen LogP contribution >= 0.6 is 0 Å². The molecule has 30 heavy (non-hydrogen) atoms. The Kier molecular flexibility index (Phi) is 5.40. The number of hydrogen-bond acceptors (Lipinski definition) is 5. The summed E-state index contributed by atoms with van der Waals surface area (Å²) in [5.74, 6) is 0.673. The van der Waals surface area contributed by atoms with E-state index in [0.29, 0.717) is 5.82 Å². The van der Waals surface area contributed by atoms with Crippen molar-refractivity contribution in [2.24, 2.45) is 0 Å². The first kappa shape index (κ1) is 20.6. The summed E-state index contributed by atoms with van der Waals surface area (Å²) >= 11 is 0. The molecule has 1 fully saturated rings. The van der Waals surface area contributed by atoms with Crippen molar-refractivity contribution in [3.8, 4) is 0 Å². The standard InChI is InChI=1S/C23H30N4O3/c1-14(28)21-26-19-13-24-18-8-6-5-7-17(18)20(19)27(21)16-11-9-15(10-12-16)25-22(29)30-23(2,3)4/h5-8,13-16,28H,9-12H2,1-4H3,(H,25,29)/t14-,15?,16?/m1/s1. The van der Waals surface area contributed by atoms with Crippen molar-refractivity contribution in [1.82, 2.24) is 19.9 Å². The number of carbonyl (C=O) groups excluding carboxylic acids is 1. The Morgan fingerprint density at radius 1 is 1.20 bits per heavy atom. The van der Waals surface area contributed by atoms with Crippen molar-refractivity contribution in [3.63, 3.8) is 0 Å². The molecule has 4 rings (SSSR count). The summed E-state index contributed by atoms with van der Waals surface area (Å²) in [7, 11) is 0. The lowest BCUT2D eigenvalue weighted by atomic mass is 9.90. The van der Waals surface area contributed by atoms with Gasteiger partial charge in [-0.3, -0.25) is 4.98 Å². The highest BCUT2D eigenvalue weighted by atomic mass is 16.6. The van der Waals surface area contributed by atoms with Gasteiger partial charge in [-0.1, -0.05) is 18.2 Å². The molecule has 2 N–H and O–H groups in total. The SMILES string of the molecule is C[C@@H](O)c1nc2cnc3ccccc3c2n1C1CCC(NC(=O)OC(C)(C)C)CC1. The highest BCUT2D eigenvalue weighted by molar-refractivity contribution is 6.02. The quantitative estimate of drug-likeness (QED) is 0.656. The van der Waals surface area contributed by atoms with Gasteiger partial charge in [0.1, 0.15) is 23.0 Å². The van der Waals surface area contributed by atoms with E-state index >= 15 is 0 Å². The number of rotatable bonds is 3. The molecule has 0 bridgehead atoms. The zero-order chi connectivity index (χ0) is 21.5. The van der Waals surface area contributed by atoms with Crippen molar-refractivity contribution in [3.05, 3.63) is 36.3 Å². The van der Waals surface area contributed by atoms with E-state index in [-0.39, 0.29) is 18.2 Å². The minimum atomic E-state index is -0.672. The lowest BCUT2D eigenvalue weighted by Crippen LogP contribution is -2.41. The molecular weight excluding hydrogens is 380 g/mol. The van der Waals surface area contributed by atoms with Crippen LogP contribution < -0.4 is 5.32 Å². The Labute approximate surface area is 176 Å². The molecule has 0 radical (unpaired) electrons. The molecule has 1 amide bonds. The summed E-state index contributed by atoms with van der Waals surface area (Å²) in [5.41, 5.74) is 2.25. The number of benzene rings is 1. The number of ether oxygens (including phenoxy) is 1. The fourth-order valence-corrected chi connectivity index (χ4v) is 4.36. The number of alkyl carbamates (subject to hydrolysis) is 1. The molecule has 1 aliphatic rings. The molecule has 0 unspecified atom stereocenters. The third-order valence-corrected chi connectivity index (χ3v) is 5.61. The molecule has 160 valence electrons. The van der Waals surface area contributed by atoms with Crippen molar-refractivity contribution in [2.45, 2.75) is 77.2 Å². The van der Waals surface area contributed by atoms with Gasteiger partial charge in [0.15, 0.2) is 0 Å². The summed E-state index contributed by atoms with van der Waals surface area (Å²) in [6, 6.07) is 8.34. The van der Waals surface area contributed by atoms with Crippen LogP contribution in [0.2, 0.25) is 0 Å². The normalized spacial score (nSPS) is 21.0. The number of amides is 1. The van der Waals surface area contributed by atoms with Crippen molar-refractivity contribution in [2.75, 3.05) is 0 Å². The molecule has 7 heteroatoms. The number of fused-ring (bicyclic) bond motifs is 3. The first-order valence-corrected chi connectivity index (χ1v) is 10.7. The average molecular weight is 411 g/mol. The second-order valence-electron chi connectivity index (χ2n) is 9.18. The number of aliphatic hydroxyl groups is 1. The first-order valence-electron chi connectivity index (χ1n) is 10.7. The number of para-hydroxylation sites is 1. The molecule has 0 spiro atoms. The largest absolute Gasteiger partial charge is 0.444 e.